The van der Waals surface area contributed by atoms with Crippen LogP contribution in [0.2, 0.25) is 0 Å². The first-order valence-electron chi connectivity index (χ1n) is 9.30. The number of fused-ring (bicyclic) bond motifs is 1. The van der Waals surface area contributed by atoms with E-state index in [0.29, 0.717) is 11.0 Å². The maximum Gasteiger partial charge on any atom is 0.143 e. The molecule has 0 bridgehead atoms. The molecule has 0 amide bonds. The lowest BCUT2D eigenvalue weighted by Crippen LogP contribution is -2.09. The van der Waals surface area contributed by atoms with Crippen molar-refractivity contribution in [2.24, 2.45) is 0 Å². The third kappa shape index (κ3) is 2.85. The number of para-hydroxylation sites is 1. The predicted octanol–water partition coefficient (Wildman–Crippen LogP) is 5.78. The Morgan fingerprint density at radius 2 is 1.30 bits per heavy atom. The van der Waals surface area contributed by atoms with Crippen LogP contribution in [-0.2, 0) is 0 Å². The molecule has 0 saturated heterocycles. The predicted molar refractivity (Wildman–Crippen MR) is 108 cm³/mol. The van der Waals surface area contributed by atoms with E-state index in [1.54, 1.807) is 12.1 Å². The third-order valence-corrected chi connectivity index (χ3v) is 5.24. The summed E-state index contributed by atoms with van der Waals surface area (Å²) in [5, 5.41) is 10.3. The van der Waals surface area contributed by atoms with Crippen LogP contribution in [0.4, 0.5) is 0 Å². The van der Waals surface area contributed by atoms with Crippen LogP contribution in [0, 0.1) is 5.92 Å². The number of hydrogen-bond acceptors (Lipinski definition) is 3. The lowest BCUT2D eigenvalue weighted by Gasteiger charge is -2.25. The molecule has 1 heterocycles. The van der Waals surface area contributed by atoms with Crippen LogP contribution in [-0.4, -0.2) is 15.1 Å². The van der Waals surface area contributed by atoms with Crippen LogP contribution < -0.4 is 0 Å². The molecule has 131 valence electrons. The summed E-state index contributed by atoms with van der Waals surface area (Å²) < 4.78 is 0. The molecular formula is C24H19N2O. The Morgan fingerprint density at radius 1 is 0.630 bits per heavy atom. The molecule has 27 heavy (non-hydrogen) atoms. The standard InChI is InChI=1S/C24H19N2O/c27-21-11-5-10-20-24(21)26-23(22(25-20)18-6-2-1-3-7-18)19-14-12-17(13-15-19)16-8-4-9-16/h1-3,5-7,10-15,27H,4,8-9H2. The number of phenolic OH excluding ortho intramolecular Hbond substituents is 1. The summed E-state index contributed by atoms with van der Waals surface area (Å²) in [5.41, 5.74) is 6.20. The van der Waals surface area contributed by atoms with Crippen molar-refractivity contribution < 1.29 is 5.11 Å². The molecule has 1 radical (unpaired) electrons. The minimum Gasteiger partial charge on any atom is -0.506 e. The largest absolute Gasteiger partial charge is 0.506 e. The lowest BCUT2D eigenvalue weighted by atomic mass is 9.80. The SMILES string of the molecule is Oc1cccc2nc(-c3ccccc3)c(-c3ccc([C]4CCC4)cc3)nc12. The molecule has 1 aliphatic carbocycles. The molecular weight excluding hydrogens is 332 g/mol. The van der Waals surface area contributed by atoms with E-state index in [1.807, 2.05) is 36.4 Å². The van der Waals surface area contributed by atoms with Crippen molar-refractivity contribution in [2.45, 2.75) is 19.3 Å². The first-order valence-corrected chi connectivity index (χ1v) is 9.30. The summed E-state index contributed by atoms with van der Waals surface area (Å²) in [5.74, 6) is 1.69. The number of hydrogen-bond donors (Lipinski definition) is 1. The molecule has 3 nitrogen and oxygen atoms in total. The van der Waals surface area contributed by atoms with E-state index < -0.39 is 0 Å². The van der Waals surface area contributed by atoms with Gasteiger partial charge >= 0.3 is 0 Å². The Balaban J connectivity index is 1.70. The molecule has 0 atom stereocenters. The van der Waals surface area contributed by atoms with Gasteiger partial charge in [-0.05, 0) is 30.5 Å². The second-order valence-electron chi connectivity index (χ2n) is 6.97. The van der Waals surface area contributed by atoms with Crippen molar-refractivity contribution >= 4 is 11.0 Å². The Hall–Kier alpha value is -3.20. The number of benzene rings is 3. The first kappa shape index (κ1) is 16.0. The zero-order valence-electron chi connectivity index (χ0n) is 14.9. The van der Waals surface area contributed by atoms with Crippen molar-refractivity contribution in [3.05, 3.63) is 84.3 Å². The van der Waals surface area contributed by atoms with E-state index in [2.05, 4.69) is 24.3 Å². The summed E-state index contributed by atoms with van der Waals surface area (Å²) in [4.78, 5) is 9.65. The Bertz CT molecular complexity index is 1100. The van der Waals surface area contributed by atoms with Gasteiger partial charge in [-0.3, -0.25) is 0 Å². The quantitative estimate of drug-likeness (QED) is 0.509. The number of rotatable bonds is 3. The summed E-state index contributed by atoms with van der Waals surface area (Å²) in [6.45, 7) is 0. The molecule has 3 aromatic carbocycles. The Labute approximate surface area is 158 Å². The molecule has 3 heteroatoms. The van der Waals surface area contributed by atoms with Crippen LogP contribution in [0.15, 0.2) is 72.8 Å². The minimum atomic E-state index is 0.155. The molecule has 0 spiro atoms. The van der Waals surface area contributed by atoms with E-state index in [-0.39, 0.29) is 5.75 Å². The van der Waals surface area contributed by atoms with Gasteiger partial charge in [0.1, 0.15) is 11.3 Å². The van der Waals surface area contributed by atoms with Crippen LogP contribution in [0.25, 0.3) is 33.5 Å². The fourth-order valence-corrected chi connectivity index (χ4v) is 3.57. The van der Waals surface area contributed by atoms with Crippen LogP contribution in [0.1, 0.15) is 24.8 Å². The third-order valence-electron chi connectivity index (χ3n) is 5.24. The highest BCUT2D eigenvalue weighted by atomic mass is 16.3. The second-order valence-corrected chi connectivity index (χ2v) is 6.97. The molecule has 0 unspecified atom stereocenters. The fourth-order valence-electron chi connectivity index (χ4n) is 3.57. The number of aromatic hydroxyl groups is 1. The molecule has 5 rings (SSSR count). The summed E-state index contributed by atoms with van der Waals surface area (Å²) >= 11 is 0. The van der Waals surface area contributed by atoms with Crippen LogP contribution >= 0.6 is 0 Å². The number of phenols is 1. The topological polar surface area (TPSA) is 46.0 Å². The van der Waals surface area contributed by atoms with Gasteiger partial charge in [0.2, 0.25) is 0 Å². The first-order chi connectivity index (χ1) is 13.3. The molecule has 1 N–H and O–H groups in total. The number of nitrogens with zero attached hydrogens (tertiary/aromatic N) is 2. The molecule has 1 saturated carbocycles. The smallest absolute Gasteiger partial charge is 0.143 e. The normalized spacial score (nSPS) is 14.2. The van der Waals surface area contributed by atoms with Gasteiger partial charge in [-0.25, -0.2) is 9.97 Å². The van der Waals surface area contributed by atoms with Gasteiger partial charge in [-0.1, -0.05) is 67.1 Å². The van der Waals surface area contributed by atoms with Crippen molar-refractivity contribution in [3.8, 4) is 28.3 Å². The van der Waals surface area contributed by atoms with Gasteiger partial charge < -0.3 is 5.11 Å². The van der Waals surface area contributed by atoms with E-state index in [0.717, 1.165) is 22.5 Å². The highest BCUT2D eigenvalue weighted by Gasteiger charge is 2.20. The highest BCUT2D eigenvalue weighted by Crippen LogP contribution is 2.37. The summed E-state index contributed by atoms with van der Waals surface area (Å²) in [6, 6.07) is 24.0. The fraction of sp³-hybridized carbons (Fsp3) is 0.125. The highest BCUT2D eigenvalue weighted by molar-refractivity contribution is 5.89. The molecule has 1 aliphatic rings. The Kier molecular flexibility index (Phi) is 3.86. The van der Waals surface area contributed by atoms with Gasteiger partial charge in [-0.2, -0.15) is 0 Å². The zero-order valence-corrected chi connectivity index (χ0v) is 14.9. The molecule has 1 aromatic heterocycles. The summed E-state index contributed by atoms with van der Waals surface area (Å²) in [7, 11) is 0. The van der Waals surface area contributed by atoms with E-state index in [9.17, 15) is 5.11 Å². The molecule has 4 aromatic rings. The van der Waals surface area contributed by atoms with E-state index in [4.69, 9.17) is 9.97 Å². The average molecular weight is 351 g/mol. The van der Waals surface area contributed by atoms with Crippen LogP contribution in [0.5, 0.6) is 5.75 Å². The van der Waals surface area contributed by atoms with Crippen molar-refractivity contribution in [1.82, 2.24) is 9.97 Å². The maximum atomic E-state index is 10.3. The van der Waals surface area contributed by atoms with E-state index >= 15 is 0 Å². The average Bonchev–Trinajstić information content (AvgIpc) is 2.67. The van der Waals surface area contributed by atoms with Crippen molar-refractivity contribution in [2.75, 3.05) is 0 Å². The van der Waals surface area contributed by atoms with Gasteiger partial charge in [0.15, 0.2) is 0 Å². The molecule has 0 aliphatic heterocycles. The zero-order chi connectivity index (χ0) is 18.2. The molecule has 1 fully saturated rings. The van der Waals surface area contributed by atoms with Crippen molar-refractivity contribution in [3.63, 3.8) is 0 Å². The minimum absolute atomic E-state index is 0.155. The lowest BCUT2D eigenvalue weighted by molar-refractivity contribution is 0.480. The van der Waals surface area contributed by atoms with E-state index in [1.165, 1.54) is 30.7 Å². The second kappa shape index (κ2) is 6.51. The number of aromatic nitrogens is 2. The monoisotopic (exact) mass is 351 g/mol. The van der Waals surface area contributed by atoms with Gasteiger partial charge in [0, 0.05) is 17.0 Å². The maximum absolute atomic E-state index is 10.3. The van der Waals surface area contributed by atoms with Crippen LogP contribution in [0.3, 0.4) is 0 Å². The van der Waals surface area contributed by atoms with Gasteiger partial charge in [0.05, 0.1) is 16.9 Å². The van der Waals surface area contributed by atoms with Crippen molar-refractivity contribution in [1.29, 1.82) is 0 Å². The summed E-state index contributed by atoms with van der Waals surface area (Å²) in [6.07, 6.45) is 3.71. The Morgan fingerprint density at radius 3 is 2.00 bits per heavy atom. The van der Waals surface area contributed by atoms with Gasteiger partial charge in [-0.15, -0.1) is 0 Å². The van der Waals surface area contributed by atoms with Gasteiger partial charge in [0.25, 0.3) is 0 Å².